The molecule has 7 nitrogen and oxygen atoms in total. The summed E-state index contributed by atoms with van der Waals surface area (Å²) in [5.74, 6) is -0.0717. The Morgan fingerprint density at radius 2 is 1.68 bits per heavy atom. The van der Waals surface area contributed by atoms with Crippen LogP contribution in [0, 0.1) is 23.5 Å². The highest BCUT2D eigenvalue weighted by molar-refractivity contribution is 7.88. The zero-order valence-corrected chi connectivity index (χ0v) is 22.9. The summed E-state index contributed by atoms with van der Waals surface area (Å²) in [6, 6.07) is 11.7. The molecule has 208 valence electrons. The van der Waals surface area contributed by atoms with Crippen molar-refractivity contribution in [1.82, 2.24) is 14.5 Å². The molecule has 2 aromatic rings. The number of hydrogen-bond acceptors (Lipinski definition) is 4. The van der Waals surface area contributed by atoms with Crippen LogP contribution in [0.2, 0.25) is 0 Å². The number of likely N-dealkylation sites (tertiary alicyclic amines) is 1. The zero-order valence-electron chi connectivity index (χ0n) is 22.1. The van der Waals surface area contributed by atoms with Crippen LogP contribution >= 0.6 is 0 Å². The van der Waals surface area contributed by atoms with Crippen molar-refractivity contribution in [3.63, 3.8) is 0 Å². The minimum atomic E-state index is -3.33. The molecule has 38 heavy (non-hydrogen) atoms. The number of urea groups is 1. The fraction of sp³-hybridized carbons (Fsp3) is 0.536. The van der Waals surface area contributed by atoms with E-state index in [2.05, 4.69) is 15.5 Å². The van der Waals surface area contributed by atoms with E-state index in [1.165, 1.54) is 47.0 Å². The molecule has 10 heteroatoms. The predicted octanol–water partition coefficient (Wildman–Crippen LogP) is 4.47. The van der Waals surface area contributed by atoms with Crippen molar-refractivity contribution in [1.29, 1.82) is 0 Å². The smallest absolute Gasteiger partial charge is 0.319 e. The van der Waals surface area contributed by atoms with Gasteiger partial charge < -0.3 is 15.5 Å². The fourth-order valence-corrected chi connectivity index (χ4v) is 6.60. The van der Waals surface area contributed by atoms with Crippen molar-refractivity contribution in [2.75, 3.05) is 38.3 Å². The molecule has 4 rings (SSSR count). The Morgan fingerprint density at radius 1 is 1.03 bits per heavy atom. The van der Waals surface area contributed by atoms with Crippen LogP contribution in [0.4, 0.5) is 19.3 Å². The normalized spacial score (nSPS) is 24.8. The molecule has 0 spiro atoms. The van der Waals surface area contributed by atoms with Gasteiger partial charge in [-0.25, -0.2) is 26.3 Å². The van der Waals surface area contributed by atoms with E-state index in [4.69, 9.17) is 0 Å². The molecule has 2 aromatic carbocycles. The molecule has 2 amide bonds. The van der Waals surface area contributed by atoms with Crippen LogP contribution < -0.4 is 10.6 Å². The summed E-state index contributed by atoms with van der Waals surface area (Å²) in [6.45, 7) is 2.63. The Bertz CT molecular complexity index is 1180. The number of piperidine rings is 1. The summed E-state index contributed by atoms with van der Waals surface area (Å²) < 4.78 is 52.5. The number of hydrogen-bond donors (Lipinski definition) is 2. The van der Waals surface area contributed by atoms with Gasteiger partial charge in [0.1, 0.15) is 11.6 Å². The lowest BCUT2D eigenvalue weighted by molar-refractivity contribution is 0.104. The predicted molar refractivity (Wildman–Crippen MR) is 145 cm³/mol. The molecule has 0 unspecified atom stereocenters. The van der Waals surface area contributed by atoms with E-state index in [1.807, 2.05) is 12.1 Å². The molecule has 2 N–H and O–H groups in total. The topological polar surface area (TPSA) is 81.8 Å². The fourth-order valence-electron chi connectivity index (χ4n) is 5.87. The average molecular weight is 549 g/mol. The maximum Gasteiger partial charge on any atom is 0.319 e. The largest absolute Gasteiger partial charge is 0.335 e. The van der Waals surface area contributed by atoms with Gasteiger partial charge in [-0.05, 0) is 98.9 Å². The Labute approximate surface area is 224 Å². The lowest BCUT2D eigenvalue weighted by atomic mass is 9.80. The number of halogens is 2. The maximum atomic E-state index is 13.3. The van der Waals surface area contributed by atoms with E-state index < -0.39 is 10.0 Å². The van der Waals surface area contributed by atoms with Gasteiger partial charge in [-0.15, -0.1) is 0 Å². The van der Waals surface area contributed by atoms with Crippen molar-refractivity contribution in [2.45, 2.75) is 50.6 Å². The van der Waals surface area contributed by atoms with Crippen molar-refractivity contribution >= 4 is 21.7 Å². The van der Waals surface area contributed by atoms with Gasteiger partial charge in [-0.2, -0.15) is 0 Å². The van der Waals surface area contributed by atoms with Gasteiger partial charge in [0.15, 0.2) is 0 Å². The zero-order chi connectivity index (χ0) is 27.3. The minimum absolute atomic E-state index is 0.0708. The first-order valence-electron chi connectivity index (χ1n) is 13.3. The van der Waals surface area contributed by atoms with Crippen LogP contribution in [0.1, 0.15) is 37.7 Å². The highest BCUT2D eigenvalue weighted by Crippen LogP contribution is 2.31. The molecule has 2 aliphatic rings. The van der Waals surface area contributed by atoms with Crippen LogP contribution in [0.5, 0.6) is 0 Å². The summed E-state index contributed by atoms with van der Waals surface area (Å²) in [5, 5.41) is 5.88. The summed E-state index contributed by atoms with van der Waals surface area (Å²) in [4.78, 5) is 15.2. The molecule has 0 radical (unpaired) electrons. The molecule has 0 aromatic heterocycles. The van der Waals surface area contributed by atoms with Crippen LogP contribution in [0.15, 0.2) is 48.5 Å². The lowest BCUT2D eigenvalue weighted by Gasteiger charge is -2.43. The van der Waals surface area contributed by atoms with Gasteiger partial charge in [-0.1, -0.05) is 12.1 Å². The Balaban J connectivity index is 1.41. The van der Waals surface area contributed by atoms with E-state index in [1.54, 1.807) is 7.05 Å². The van der Waals surface area contributed by atoms with Crippen molar-refractivity contribution in [2.24, 2.45) is 11.8 Å². The molecular weight excluding hydrogens is 510 g/mol. The van der Waals surface area contributed by atoms with Crippen LogP contribution in [-0.2, 0) is 16.4 Å². The average Bonchev–Trinajstić information content (AvgIpc) is 2.87. The molecule has 1 aliphatic carbocycles. The van der Waals surface area contributed by atoms with E-state index in [0.29, 0.717) is 30.9 Å². The number of nitrogens with one attached hydrogen (secondary N) is 2. The van der Waals surface area contributed by atoms with E-state index in [-0.39, 0.29) is 35.7 Å². The van der Waals surface area contributed by atoms with Gasteiger partial charge in [0.05, 0.1) is 6.26 Å². The lowest BCUT2D eigenvalue weighted by Crippen LogP contribution is -2.53. The summed E-state index contributed by atoms with van der Waals surface area (Å²) in [7, 11) is -1.70. The third-order valence-electron chi connectivity index (χ3n) is 7.94. The molecule has 1 saturated carbocycles. The molecule has 1 aliphatic heterocycles. The summed E-state index contributed by atoms with van der Waals surface area (Å²) in [5.41, 5.74) is 1.63. The number of anilines is 1. The summed E-state index contributed by atoms with van der Waals surface area (Å²) in [6.07, 6.45) is 6.28. The maximum absolute atomic E-state index is 13.3. The van der Waals surface area contributed by atoms with Gasteiger partial charge in [0.2, 0.25) is 10.0 Å². The number of sulfonamides is 1. The third-order valence-corrected chi connectivity index (χ3v) is 9.29. The van der Waals surface area contributed by atoms with Crippen LogP contribution in [-0.4, -0.2) is 68.7 Å². The standard InChI is InChI=1S/C28H38F2N4O3S/c1-33(38(2,36)37)26-13-14-27(32-28(35)31-25-11-9-24(30)10-12-25)22(17-26)19-34-15-3-4-21(18-34)16-20-5-7-23(29)8-6-20/h5-12,21-22,26-27H,3-4,13-19H2,1-2H3,(H2,31,32,35)/t21-,22-,26+,27+/m0/s1. The van der Waals surface area contributed by atoms with Crippen LogP contribution in [0.25, 0.3) is 0 Å². The van der Waals surface area contributed by atoms with E-state index >= 15 is 0 Å². The molecular formula is C28H38F2N4O3S. The Kier molecular flexibility index (Phi) is 9.38. The van der Waals surface area contributed by atoms with Gasteiger partial charge >= 0.3 is 6.03 Å². The van der Waals surface area contributed by atoms with Gasteiger partial charge in [0.25, 0.3) is 0 Å². The van der Waals surface area contributed by atoms with Gasteiger partial charge in [-0.3, -0.25) is 0 Å². The van der Waals surface area contributed by atoms with E-state index in [9.17, 15) is 22.0 Å². The number of amides is 2. The van der Waals surface area contributed by atoms with Gasteiger partial charge in [0, 0.05) is 37.9 Å². The molecule has 1 heterocycles. The second kappa shape index (κ2) is 12.5. The number of carbonyl (C=O) groups excluding carboxylic acids is 1. The first-order chi connectivity index (χ1) is 18.1. The van der Waals surface area contributed by atoms with Crippen LogP contribution in [0.3, 0.4) is 0 Å². The Hall–Kier alpha value is -2.56. The van der Waals surface area contributed by atoms with Crippen molar-refractivity contribution in [3.8, 4) is 0 Å². The first kappa shape index (κ1) is 28.4. The Morgan fingerprint density at radius 3 is 2.34 bits per heavy atom. The minimum Gasteiger partial charge on any atom is -0.335 e. The monoisotopic (exact) mass is 548 g/mol. The number of rotatable bonds is 8. The SMILES string of the molecule is CN([C@@H]1CC[C@@H](NC(=O)Nc2ccc(F)cc2)[C@H](CN2CCC[C@@H](Cc3ccc(F)cc3)C2)C1)S(C)(=O)=O. The third kappa shape index (κ3) is 7.97. The van der Waals surface area contributed by atoms with E-state index in [0.717, 1.165) is 44.5 Å². The second-order valence-corrected chi connectivity index (χ2v) is 12.9. The quantitative estimate of drug-likeness (QED) is 0.510. The number of benzene rings is 2. The number of nitrogens with zero attached hydrogens (tertiary/aromatic N) is 2. The first-order valence-corrected chi connectivity index (χ1v) is 15.1. The highest BCUT2D eigenvalue weighted by Gasteiger charge is 2.37. The summed E-state index contributed by atoms with van der Waals surface area (Å²) >= 11 is 0. The second-order valence-electron chi connectivity index (χ2n) is 10.8. The number of carbonyl (C=O) groups is 1. The molecule has 4 atom stereocenters. The molecule has 2 fully saturated rings. The highest BCUT2D eigenvalue weighted by atomic mass is 32.2. The van der Waals surface area contributed by atoms with Crippen molar-refractivity contribution < 1.29 is 22.0 Å². The molecule has 1 saturated heterocycles. The molecule has 0 bridgehead atoms. The van der Waals surface area contributed by atoms with Crippen molar-refractivity contribution in [3.05, 3.63) is 65.7 Å².